The van der Waals surface area contributed by atoms with Crippen LogP contribution >= 0.6 is 0 Å². The van der Waals surface area contributed by atoms with Gasteiger partial charge in [0.25, 0.3) is 0 Å². The van der Waals surface area contributed by atoms with E-state index in [1.165, 1.54) is 12.1 Å². The third-order valence-corrected chi connectivity index (χ3v) is 4.05. The van der Waals surface area contributed by atoms with E-state index in [0.29, 0.717) is 12.8 Å². The lowest BCUT2D eigenvalue weighted by Gasteiger charge is -2.08. The molecule has 2 rings (SSSR count). The van der Waals surface area contributed by atoms with Crippen molar-refractivity contribution in [2.45, 2.75) is 18.1 Å². The monoisotopic (exact) mass is 231 g/mol. The van der Waals surface area contributed by atoms with E-state index in [4.69, 9.17) is 5.11 Å². The summed E-state index contributed by atoms with van der Waals surface area (Å²) >= 11 is 0. The minimum absolute atomic E-state index is 0.207. The Bertz CT molecular complexity index is 482. The molecule has 0 atom stereocenters. The zero-order valence-electron chi connectivity index (χ0n) is 7.77. The molecule has 0 saturated heterocycles. The van der Waals surface area contributed by atoms with Crippen molar-refractivity contribution >= 4 is 15.7 Å². The molecule has 1 aromatic carbocycles. The van der Waals surface area contributed by atoms with E-state index in [2.05, 4.69) is 4.72 Å². The van der Waals surface area contributed by atoms with Gasteiger partial charge < -0.3 is 5.11 Å². The quantitative estimate of drug-likeness (QED) is 0.827. The maximum Gasteiger partial charge on any atom is 0.235 e. The van der Waals surface area contributed by atoms with Crippen LogP contribution in [0.1, 0.15) is 12.8 Å². The highest BCUT2D eigenvalue weighted by molar-refractivity contribution is 7.93. The number of benzene rings is 1. The largest absolute Gasteiger partial charge is 0.505 e. The standard InChI is InChI=1S/C9H10FNO3S/c10-9-7(2-1-3-8(9)12)11-15(13,14)6-4-5-6/h1-3,6,11-12H,4-5H2. The number of anilines is 1. The fourth-order valence-electron chi connectivity index (χ4n) is 1.21. The van der Waals surface area contributed by atoms with Crippen LogP contribution in [-0.2, 0) is 10.0 Å². The van der Waals surface area contributed by atoms with Crippen LogP contribution in [0.5, 0.6) is 5.75 Å². The zero-order valence-corrected chi connectivity index (χ0v) is 8.59. The molecule has 0 unspecified atom stereocenters. The maximum absolute atomic E-state index is 13.2. The van der Waals surface area contributed by atoms with Crippen LogP contribution in [0.25, 0.3) is 0 Å². The van der Waals surface area contributed by atoms with Gasteiger partial charge in [-0.15, -0.1) is 0 Å². The molecule has 82 valence electrons. The third-order valence-electron chi connectivity index (χ3n) is 2.19. The van der Waals surface area contributed by atoms with Crippen LogP contribution in [0.15, 0.2) is 18.2 Å². The smallest absolute Gasteiger partial charge is 0.235 e. The first-order valence-electron chi connectivity index (χ1n) is 4.50. The molecule has 0 spiro atoms. The molecule has 0 heterocycles. The lowest BCUT2D eigenvalue weighted by molar-refractivity contribution is 0.434. The van der Waals surface area contributed by atoms with Crippen molar-refractivity contribution in [2.75, 3.05) is 4.72 Å². The van der Waals surface area contributed by atoms with Crippen LogP contribution in [0.2, 0.25) is 0 Å². The van der Waals surface area contributed by atoms with Crippen molar-refractivity contribution in [1.82, 2.24) is 0 Å². The molecular weight excluding hydrogens is 221 g/mol. The van der Waals surface area contributed by atoms with Gasteiger partial charge in [-0.1, -0.05) is 6.07 Å². The lowest BCUT2D eigenvalue weighted by atomic mass is 10.3. The number of hydrogen-bond donors (Lipinski definition) is 2. The van der Waals surface area contributed by atoms with Gasteiger partial charge >= 0.3 is 0 Å². The van der Waals surface area contributed by atoms with Crippen LogP contribution in [-0.4, -0.2) is 18.8 Å². The molecule has 1 saturated carbocycles. The Labute approximate surface area is 86.8 Å². The Morgan fingerprint density at radius 1 is 1.40 bits per heavy atom. The Hall–Kier alpha value is -1.30. The first-order valence-corrected chi connectivity index (χ1v) is 6.04. The van der Waals surface area contributed by atoms with E-state index < -0.39 is 26.8 Å². The van der Waals surface area contributed by atoms with Crippen molar-refractivity contribution in [3.05, 3.63) is 24.0 Å². The molecule has 4 nitrogen and oxygen atoms in total. The highest BCUT2D eigenvalue weighted by Crippen LogP contribution is 2.31. The number of halogens is 1. The minimum atomic E-state index is -3.48. The summed E-state index contributed by atoms with van der Waals surface area (Å²) in [5.74, 6) is -1.51. The predicted octanol–water partition coefficient (Wildman–Crippen LogP) is 1.44. The molecular formula is C9H10FNO3S. The van der Waals surface area contributed by atoms with Crippen molar-refractivity contribution in [3.8, 4) is 5.75 Å². The maximum atomic E-state index is 13.2. The highest BCUT2D eigenvalue weighted by Gasteiger charge is 2.36. The number of nitrogens with one attached hydrogen (secondary N) is 1. The van der Waals surface area contributed by atoms with Gasteiger partial charge in [0.15, 0.2) is 11.6 Å². The van der Waals surface area contributed by atoms with Gasteiger partial charge in [0.05, 0.1) is 10.9 Å². The number of rotatable bonds is 3. The summed E-state index contributed by atoms with van der Waals surface area (Å²) in [5.41, 5.74) is -0.207. The minimum Gasteiger partial charge on any atom is -0.505 e. The summed E-state index contributed by atoms with van der Waals surface area (Å²) in [7, 11) is -3.48. The van der Waals surface area contributed by atoms with Crippen LogP contribution in [0.4, 0.5) is 10.1 Å². The fraction of sp³-hybridized carbons (Fsp3) is 0.333. The van der Waals surface area contributed by atoms with E-state index in [9.17, 15) is 12.8 Å². The number of phenols is 1. The molecule has 1 aliphatic rings. The van der Waals surface area contributed by atoms with E-state index in [1.54, 1.807) is 0 Å². The van der Waals surface area contributed by atoms with E-state index in [-0.39, 0.29) is 5.69 Å². The Kier molecular flexibility index (Phi) is 2.30. The zero-order chi connectivity index (χ0) is 11.1. The summed E-state index contributed by atoms with van der Waals surface area (Å²) in [6, 6.07) is 3.81. The molecule has 0 amide bonds. The third kappa shape index (κ3) is 2.04. The van der Waals surface area contributed by atoms with Crippen molar-refractivity contribution in [1.29, 1.82) is 0 Å². The summed E-state index contributed by atoms with van der Waals surface area (Å²) in [6.07, 6.45) is 1.21. The number of sulfonamides is 1. The summed E-state index contributed by atoms with van der Waals surface area (Å²) < 4.78 is 38.3. The molecule has 15 heavy (non-hydrogen) atoms. The molecule has 0 radical (unpaired) electrons. The molecule has 1 fully saturated rings. The molecule has 6 heteroatoms. The second-order valence-corrected chi connectivity index (χ2v) is 5.45. The number of phenolic OH excluding ortho intramolecular Hbond substituents is 1. The molecule has 1 aliphatic carbocycles. The van der Waals surface area contributed by atoms with Crippen molar-refractivity contribution in [2.24, 2.45) is 0 Å². The normalized spacial score (nSPS) is 16.3. The highest BCUT2D eigenvalue weighted by atomic mass is 32.2. The van der Waals surface area contributed by atoms with Crippen molar-refractivity contribution < 1.29 is 17.9 Å². The molecule has 0 aromatic heterocycles. The predicted molar refractivity (Wildman–Crippen MR) is 53.6 cm³/mol. The van der Waals surface area contributed by atoms with Gasteiger partial charge in [-0.3, -0.25) is 4.72 Å². The lowest BCUT2D eigenvalue weighted by Crippen LogP contribution is -2.18. The Balaban J connectivity index is 2.28. The summed E-state index contributed by atoms with van der Waals surface area (Å²) in [4.78, 5) is 0. The van der Waals surface area contributed by atoms with E-state index >= 15 is 0 Å². The van der Waals surface area contributed by atoms with Gasteiger partial charge in [-0.05, 0) is 25.0 Å². The van der Waals surface area contributed by atoms with Gasteiger partial charge in [0.2, 0.25) is 10.0 Å². The second-order valence-electron chi connectivity index (χ2n) is 3.49. The van der Waals surface area contributed by atoms with Gasteiger partial charge in [0.1, 0.15) is 0 Å². The Morgan fingerprint density at radius 3 is 2.67 bits per heavy atom. The first kappa shape index (κ1) is 10.2. The first-order chi connectivity index (χ1) is 7.00. The molecule has 0 bridgehead atoms. The molecule has 2 N–H and O–H groups in total. The average Bonchev–Trinajstić information content (AvgIpc) is 2.95. The molecule has 0 aliphatic heterocycles. The van der Waals surface area contributed by atoms with E-state index in [1.807, 2.05) is 0 Å². The van der Waals surface area contributed by atoms with Crippen molar-refractivity contribution in [3.63, 3.8) is 0 Å². The number of hydrogen-bond acceptors (Lipinski definition) is 3. The van der Waals surface area contributed by atoms with Crippen LogP contribution in [0, 0.1) is 5.82 Å². The summed E-state index contributed by atoms with van der Waals surface area (Å²) in [6.45, 7) is 0. The molecule has 1 aromatic rings. The van der Waals surface area contributed by atoms with Crippen LogP contribution < -0.4 is 4.72 Å². The average molecular weight is 231 g/mol. The van der Waals surface area contributed by atoms with Gasteiger partial charge in [-0.2, -0.15) is 0 Å². The number of aromatic hydroxyl groups is 1. The van der Waals surface area contributed by atoms with Gasteiger partial charge in [-0.25, -0.2) is 12.8 Å². The van der Waals surface area contributed by atoms with E-state index in [0.717, 1.165) is 6.07 Å². The second kappa shape index (κ2) is 3.37. The van der Waals surface area contributed by atoms with Crippen LogP contribution in [0.3, 0.4) is 0 Å². The van der Waals surface area contributed by atoms with Gasteiger partial charge in [0, 0.05) is 0 Å². The Morgan fingerprint density at radius 2 is 2.07 bits per heavy atom. The summed E-state index contributed by atoms with van der Waals surface area (Å²) in [5, 5.41) is 8.62. The fourth-order valence-corrected chi connectivity index (χ4v) is 2.60. The topological polar surface area (TPSA) is 66.4 Å². The SMILES string of the molecule is O=S(=O)(Nc1cccc(O)c1F)C1CC1.